The average molecular weight is 653 g/mol. The van der Waals surface area contributed by atoms with Gasteiger partial charge < -0.3 is 15.4 Å². The van der Waals surface area contributed by atoms with Crippen molar-refractivity contribution in [2.75, 3.05) is 17.2 Å². The third kappa shape index (κ3) is 7.22. The molecular formula is C36H32N2O4S3. The first-order valence-corrected chi connectivity index (χ1v) is 17.4. The van der Waals surface area contributed by atoms with Gasteiger partial charge in [0.2, 0.25) is 5.91 Å². The zero-order valence-corrected chi connectivity index (χ0v) is 27.1. The van der Waals surface area contributed by atoms with Crippen molar-refractivity contribution in [2.45, 2.75) is 42.2 Å². The lowest BCUT2D eigenvalue weighted by atomic mass is 9.83. The van der Waals surface area contributed by atoms with Gasteiger partial charge in [0.25, 0.3) is 5.91 Å². The third-order valence-electron chi connectivity index (χ3n) is 7.68. The number of thioether (sulfide) groups is 1. The van der Waals surface area contributed by atoms with E-state index in [0.29, 0.717) is 27.0 Å². The summed E-state index contributed by atoms with van der Waals surface area (Å²) in [4.78, 5) is 42.6. The zero-order chi connectivity index (χ0) is 31.2. The van der Waals surface area contributed by atoms with Crippen LogP contribution in [0.1, 0.15) is 66.1 Å². The number of fused-ring (bicyclic) bond motifs is 1. The van der Waals surface area contributed by atoms with Crippen molar-refractivity contribution in [3.05, 3.63) is 134 Å². The van der Waals surface area contributed by atoms with Crippen LogP contribution in [-0.2, 0) is 22.4 Å². The Morgan fingerprint density at radius 3 is 2.44 bits per heavy atom. The monoisotopic (exact) mass is 652 g/mol. The Morgan fingerprint density at radius 1 is 0.933 bits per heavy atom. The highest BCUT2D eigenvalue weighted by atomic mass is 32.2. The van der Waals surface area contributed by atoms with Crippen LogP contribution in [-0.4, -0.2) is 24.4 Å². The summed E-state index contributed by atoms with van der Waals surface area (Å²) in [5, 5.41) is 7.88. The second-order valence-electron chi connectivity index (χ2n) is 10.6. The molecule has 0 spiro atoms. The molecule has 1 aliphatic carbocycles. The van der Waals surface area contributed by atoms with Gasteiger partial charge in [-0.2, -0.15) is 0 Å². The van der Waals surface area contributed by atoms with Crippen molar-refractivity contribution >= 4 is 62.9 Å². The van der Waals surface area contributed by atoms with Crippen LogP contribution < -0.4 is 10.6 Å². The van der Waals surface area contributed by atoms with Gasteiger partial charge in [0.05, 0.1) is 17.0 Å². The van der Waals surface area contributed by atoms with E-state index >= 15 is 0 Å². The van der Waals surface area contributed by atoms with Crippen molar-refractivity contribution in [1.82, 2.24) is 0 Å². The summed E-state index contributed by atoms with van der Waals surface area (Å²) in [5.41, 5.74) is 4.23. The minimum absolute atomic E-state index is 0.174. The van der Waals surface area contributed by atoms with E-state index in [2.05, 4.69) is 34.9 Å². The van der Waals surface area contributed by atoms with Crippen LogP contribution in [0.2, 0.25) is 0 Å². The van der Waals surface area contributed by atoms with Crippen LogP contribution in [0, 0.1) is 0 Å². The third-order valence-corrected chi connectivity index (χ3v) is 11.0. The number of hydrogen-bond donors (Lipinski definition) is 2. The molecule has 6 nitrogen and oxygen atoms in total. The highest BCUT2D eigenvalue weighted by molar-refractivity contribution is 8.00. The SMILES string of the molecule is CCOC(=O)c1c(NC(=O)C(Sc2cccc(NC(=O)c3cccs3)c2)c2ccccc2)sc2c1CCC(c1ccccc1)C2. The van der Waals surface area contributed by atoms with Crippen molar-refractivity contribution in [1.29, 1.82) is 0 Å². The van der Waals surface area contributed by atoms with Gasteiger partial charge in [0.1, 0.15) is 10.3 Å². The lowest BCUT2D eigenvalue weighted by Gasteiger charge is -2.23. The van der Waals surface area contributed by atoms with E-state index in [1.54, 1.807) is 13.0 Å². The molecule has 0 saturated heterocycles. The molecule has 2 atom stereocenters. The maximum atomic E-state index is 14.1. The fourth-order valence-corrected chi connectivity index (χ4v) is 8.59. The number of esters is 1. The molecule has 2 aromatic heterocycles. The molecule has 0 radical (unpaired) electrons. The van der Waals surface area contributed by atoms with Gasteiger partial charge in [-0.15, -0.1) is 34.4 Å². The highest BCUT2D eigenvalue weighted by Gasteiger charge is 2.32. The predicted octanol–water partition coefficient (Wildman–Crippen LogP) is 8.98. The number of hydrogen-bond acceptors (Lipinski definition) is 7. The molecule has 0 saturated carbocycles. The first-order valence-electron chi connectivity index (χ1n) is 14.8. The van der Waals surface area contributed by atoms with Crippen molar-refractivity contribution < 1.29 is 19.1 Å². The van der Waals surface area contributed by atoms with Crippen LogP contribution >= 0.6 is 34.4 Å². The molecule has 1 aliphatic rings. The number of carbonyl (C=O) groups is 3. The van der Waals surface area contributed by atoms with Crippen molar-refractivity contribution in [2.24, 2.45) is 0 Å². The topological polar surface area (TPSA) is 84.5 Å². The van der Waals surface area contributed by atoms with E-state index in [4.69, 9.17) is 4.74 Å². The molecule has 2 N–H and O–H groups in total. The standard InChI is InChI=1S/C36H32N2O4S3/c1-2-42-36(41)31-28-19-18-25(23-11-5-3-6-12-23)21-30(28)45-35(31)38-34(40)32(24-13-7-4-8-14-24)44-27-16-9-15-26(22-27)37-33(39)29-17-10-20-43-29/h3-17,20,22,25,32H,2,18-19,21H2,1H3,(H,37,39)(H,38,40). The van der Waals surface area contributed by atoms with Crippen LogP contribution in [0.5, 0.6) is 0 Å². The molecule has 228 valence electrons. The molecule has 3 aromatic carbocycles. The lowest BCUT2D eigenvalue weighted by Crippen LogP contribution is -2.20. The van der Waals surface area contributed by atoms with Crippen LogP contribution in [0.25, 0.3) is 0 Å². The van der Waals surface area contributed by atoms with Gasteiger partial charge in [0.15, 0.2) is 0 Å². The van der Waals surface area contributed by atoms with Crippen molar-refractivity contribution in [3.8, 4) is 0 Å². The fourth-order valence-electron chi connectivity index (χ4n) is 5.56. The molecule has 2 amide bonds. The summed E-state index contributed by atoms with van der Waals surface area (Å²) in [6.07, 6.45) is 2.48. The number of anilines is 2. The van der Waals surface area contributed by atoms with Crippen LogP contribution in [0.15, 0.2) is 107 Å². The van der Waals surface area contributed by atoms with E-state index in [1.165, 1.54) is 40.0 Å². The minimum atomic E-state index is -0.610. The number of thiophene rings is 2. The quantitative estimate of drug-likeness (QED) is 0.116. The van der Waals surface area contributed by atoms with Crippen LogP contribution in [0.3, 0.4) is 0 Å². The predicted molar refractivity (Wildman–Crippen MR) is 184 cm³/mol. The maximum Gasteiger partial charge on any atom is 0.341 e. The number of ether oxygens (including phenoxy) is 1. The number of nitrogens with one attached hydrogen (secondary N) is 2. The largest absolute Gasteiger partial charge is 0.462 e. The summed E-state index contributed by atoms with van der Waals surface area (Å²) < 4.78 is 5.48. The van der Waals surface area contributed by atoms with Gasteiger partial charge in [-0.25, -0.2) is 4.79 Å². The molecule has 0 fully saturated rings. The second-order valence-corrected chi connectivity index (χ2v) is 13.9. The van der Waals surface area contributed by atoms with E-state index in [9.17, 15) is 14.4 Å². The lowest BCUT2D eigenvalue weighted by molar-refractivity contribution is -0.115. The summed E-state index contributed by atoms with van der Waals surface area (Å²) in [6.45, 7) is 2.05. The van der Waals surface area contributed by atoms with Crippen LogP contribution in [0.4, 0.5) is 10.7 Å². The number of amides is 2. The smallest absolute Gasteiger partial charge is 0.341 e. The normalized spacial score (nSPS) is 14.6. The summed E-state index contributed by atoms with van der Waals surface area (Å²) in [6, 6.07) is 31.1. The first kappa shape index (κ1) is 30.8. The van der Waals surface area contributed by atoms with Gasteiger partial charge >= 0.3 is 5.97 Å². The Hall–Kier alpha value is -4.18. The van der Waals surface area contributed by atoms with Crippen molar-refractivity contribution in [3.63, 3.8) is 0 Å². The molecule has 9 heteroatoms. The Kier molecular flexibility index (Phi) is 9.78. The van der Waals surface area contributed by atoms with Gasteiger partial charge in [-0.1, -0.05) is 72.8 Å². The fraction of sp³-hybridized carbons (Fsp3) is 0.194. The number of rotatable bonds is 10. The van der Waals surface area contributed by atoms with E-state index in [-0.39, 0.29) is 18.4 Å². The molecule has 45 heavy (non-hydrogen) atoms. The average Bonchev–Trinajstić information content (AvgIpc) is 3.73. The molecule has 6 rings (SSSR count). The van der Waals surface area contributed by atoms with Gasteiger partial charge in [-0.3, -0.25) is 9.59 Å². The van der Waals surface area contributed by atoms with E-state index in [0.717, 1.165) is 40.2 Å². The second kappa shape index (κ2) is 14.3. The molecule has 0 bridgehead atoms. The highest BCUT2D eigenvalue weighted by Crippen LogP contribution is 2.44. The summed E-state index contributed by atoms with van der Waals surface area (Å²) in [5.74, 6) is -0.451. The zero-order valence-electron chi connectivity index (χ0n) is 24.7. The Balaban J connectivity index is 1.27. The Labute approximate surface area is 274 Å². The Bertz CT molecular complexity index is 1790. The molecular weight excluding hydrogens is 621 g/mol. The van der Waals surface area contributed by atoms with E-state index < -0.39 is 11.2 Å². The van der Waals surface area contributed by atoms with E-state index in [1.807, 2.05) is 72.1 Å². The summed E-state index contributed by atoms with van der Waals surface area (Å²) in [7, 11) is 0. The van der Waals surface area contributed by atoms with Gasteiger partial charge in [-0.05, 0) is 78.4 Å². The Morgan fingerprint density at radius 2 is 1.71 bits per heavy atom. The molecule has 0 aliphatic heterocycles. The number of carbonyl (C=O) groups excluding carboxylic acids is 3. The molecule has 5 aromatic rings. The number of benzene rings is 3. The molecule has 2 heterocycles. The maximum absolute atomic E-state index is 14.1. The molecule has 2 unspecified atom stereocenters. The van der Waals surface area contributed by atoms with Gasteiger partial charge in [0, 0.05) is 15.5 Å². The summed E-state index contributed by atoms with van der Waals surface area (Å²) >= 11 is 4.25. The minimum Gasteiger partial charge on any atom is -0.462 e. The first-order chi connectivity index (χ1) is 22.0.